The summed E-state index contributed by atoms with van der Waals surface area (Å²) in [4.78, 5) is 0. The summed E-state index contributed by atoms with van der Waals surface area (Å²) in [5.74, 6) is 1.73. The van der Waals surface area contributed by atoms with Gasteiger partial charge in [0, 0.05) is 0 Å². The van der Waals surface area contributed by atoms with Crippen LogP contribution in [0.15, 0.2) is 60.7 Å². The highest BCUT2D eigenvalue weighted by molar-refractivity contribution is 5.63. The molecule has 0 radical (unpaired) electrons. The number of ether oxygens (including phenoxy) is 1. The maximum atomic E-state index is 5.73. The SMILES string of the molecule is C/C=C(/C)c1ccc(Oc2ccccc2)cc1. The van der Waals surface area contributed by atoms with Gasteiger partial charge in [-0.05, 0) is 49.2 Å². The lowest BCUT2D eigenvalue weighted by Gasteiger charge is -2.06. The summed E-state index contributed by atoms with van der Waals surface area (Å²) in [6.07, 6.45) is 2.10. The van der Waals surface area contributed by atoms with E-state index in [1.807, 2.05) is 49.4 Å². The minimum Gasteiger partial charge on any atom is -0.457 e. The second-order valence-corrected chi connectivity index (χ2v) is 3.91. The monoisotopic (exact) mass is 224 g/mol. The van der Waals surface area contributed by atoms with E-state index >= 15 is 0 Å². The average Bonchev–Trinajstić information content (AvgIpc) is 2.40. The van der Waals surface area contributed by atoms with Crippen LogP contribution in [-0.4, -0.2) is 0 Å². The fourth-order valence-corrected chi connectivity index (χ4v) is 1.58. The zero-order valence-corrected chi connectivity index (χ0v) is 10.2. The molecule has 0 aromatic heterocycles. The van der Waals surface area contributed by atoms with E-state index in [4.69, 9.17) is 4.74 Å². The molecular formula is C16H16O. The van der Waals surface area contributed by atoms with Crippen LogP contribution in [0.2, 0.25) is 0 Å². The number of para-hydroxylation sites is 1. The van der Waals surface area contributed by atoms with Crippen molar-refractivity contribution in [2.75, 3.05) is 0 Å². The Hall–Kier alpha value is -2.02. The topological polar surface area (TPSA) is 9.23 Å². The summed E-state index contributed by atoms with van der Waals surface area (Å²) in [6.45, 7) is 4.15. The van der Waals surface area contributed by atoms with Gasteiger partial charge in [-0.3, -0.25) is 0 Å². The summed E-state index contributed by atoms with van der Waals surface area (Å²) in [7, 11) is 0. The third-order valence-electron chi connectivity index (χ3n) is 2.72. The quantitative estimate of drug-likeness (QED) is 0.720. The molecular weight excluding hydrogens is 208 g/mol. The molecule has 86 valence electrons. The van der Waals surface area contributed by atoms with Gasteiger partial charge in [-0.1, -0.05) is 36.4 Å². The second kappa shape index (κ2) is 5.35. The first-order valence-electron chi connectivity index (χ1n) is 5.76. The van der Waals surface area contributed by atoms with E-state index in [1.165, 1.54) is 11.1 Å². The lowest BCUT2D eigenvalue weighted by atomic mass is 10.1. The van der Waals surface area contributed by atoms with Gasteiger partial charge in [0.15, 0.2) is 0 Å². The molecule has 0 heterocycles. The van der Waals surface area contributed by atoms with Gasteiger partial charge in [-0.15, -0.1) is 0 Å². The van der Waals surface area contributed by atoms with Gasteiger partial charge < -0.3 is 4.74 Å². The molecule has 0 bridgehead atoms. The molecule has 2 aromatic carbocycles. The smallest absolute Gasteiger partial charge is 0.127 e. The van der Waals surface area contributed by atoms with Crippen molar-refractivity contribution in [2.45, 2.75) is 13.8 Å². The van der Waals surface area contributed by atoms with Crippen LogP contribution < -0.4 is 4.74 Å². The van der Waals surface area contributed by atoms with E-state index in [2.05, 4.69) is 25.1 Å². The first-order chi connectivity index (χ1) is 8.29. The van der Waals surface area contributed by atoms with Crippen molar-refractivity contribution in [3.63, 3.8) is 0 Å². The summed E-state index contributed by atoms with van der Waals surface area (Å²) >= 11 is 0. The third kappa shape index (κ3) is 2.97. The summed E-state index contributed by atoms with van der Waals surface area (Å²) in [5, 5.41) is 0. The Bertz CT molecular complexity index is 495. The van der Waals surface area contributed by atoms with Gasteiger partial charge in [0.1, 0.15) is 11.5 Å². The normalized spacial score (nSPS) is 11.3. The lowest BCUT2D eigenvalue weighted by Crippen LogP contribution is -1.84. The number of hydrogen-bond donors (Lipinski definition) is 0. The molecule has 1 nitrogen and oxygen atoms in total. The molecule has 0 amide bonds. The highest BCUT2D eigenvalue weighted by atomic mass is 16.5. The van der Waals surface area contributed by atoms with E-state index in [0.717, 1.165) is 11.5 Å². The Labute approximate surface area is 102 Å². The third-order valence-corrected chi connectivity index (χ3v) is 2.72. The number of hydrogen-bond acceptors (Lipinski definition) is 1. The summed E-state index contributed by atoms with van der Waals surface area (Å²) in [5.41, 5.74) is 2.50. The van der Waals surface area contributed by atoms with Gasteiger partial charge in [0.05, 0.1) is 0 Å². The molecule has 1 heteroatoms. The van der Waals surface area contributed by atoms with Crippen LogP contribution >= 0.6 is 0 Å². The molecule has 2 rings (SSSR count). The molecule has 0 saturated carbocycles. The van der Waals surface area contributed by atoms with Crippen molar-refractivity contribution in [1.82, 2.24) is 0 Å². The Morgan fingerprint density at radius 2 is 1.47 bits per heavy atom. The minimum absolute atomic E-state index is 0.864. The highest BCUT2D eigenvalue weighted by Gasteiger charge is 1.98. The number of benzene rings is 2. The largest absolute Gasteiger partial charge is 0.457 e. The maximum Gasteiger partial charge on any atom is 0.127 e. The molecule has 0 spiro atoms. The Balaban J connectivity index is 2.14. The van der Waals surface area contributed by atoms with Crippen LogP contribution in [-0.2, 0) is 0 Å². The van der Waals surface area contributed by atoms with Crippen molar-refractivity contribution in [3.8, 4) is 11.5 Å². The van der Waals surface area contributed by atoms with Crippen molar-refractivity contribution in [1.29, 1.82) is 0 Å². The number of allylic oxidation sites excluding steroid dienone is 2. The Morgan fingerprint density at radius 1 is 0.882 bits per heavy atom. The van der Waals surface area contributed by atoms with Crippen molar-refractivity contribution in [2.24, 2.45) is 0 Å². The molecule has 0 aliphatic rings. The fourth-order valence-electron chi connectivity index (χ4n) is 1.58. The average molecular weight is 224 g/mol. The van der Waals surface area contributed by atoms with Gasteiger partial charge in [-0.25, -0.2) is 0 Å². The van der Waals surface area contributed by atoms with E-state index in [9.17, 15) is 0 Å². The molecule has 0 atom stereocenters. The van der Waals surface area contributed by atoms with Gasteiger partial charge in [0.2, 0.25) is 0 Å². The standard InChI is InChI=1S/C16H16O/c1-3-13(2)14-9-11-16(12-10-14)17-15-7-5-4-6-8-15/h3-12H,1-2H3/b13-3-. The molecule has 0 fully saturated rings. The maximum absolute atomic E-state index is 5.73. The van der Waals surface area contributed by atoms with E-state index in [1.54, 1.807) is 0 Å². The van der Waals surface area contributed by atoms with Crippen LogP contribution in [0.3, 0.4) is 0 Å². The predicted octanol–water partition coefficient (Wildman–Crippen LogP) is 4.90. The van der Waals surface area contributed by atoms with Crippen LogP contribution in [0.1, 0.15) is 19.4 Å². The van der Waals surface area contributed by atoms with Crippen molar-refractivity contribution >= 4 is 5.57 Å². The van der Waals surface area contributed by atoms with Crippen LogP contribution in [0.5, 0.6) is 11.5 Å². The van der Waals surface area contributed by atoms with E-state index < -0.39 is 0 Å². The first-order valence-corrected chi connectivity index (χ1v) is 5.76. The zero-order chi connectivity index (χ0) is 12.1. The van der Waals surface area contributed by atoms with Crippen LogP contribution in [0.4, 0.5) is 0 Å². The van der Waals surface area contributed by atoms with Gasteiger partial charge in [0.25, 0.3) is 0 Å². The Kier molecular flexibility index (Phi) is 3.61. The highest BCUT2D eigenvalue weighted by Crippen LogP contribution is 2.23. The van der Waals surface area contributed by atoms with E-state index in [-0.39, 0.29) is 0 Å². The molecule has 17 heavy (non-hydrogen) atoms. The predicted molar refractivity (Wildman–Crippen MR) is 72.3 cm³/mol. The molecule has 0 saturated heterocycles. The molecule has 0 N–H and O–H groups in total. The van der Waals surface area contributed by atoms with E-state index in [0.29, 0.717) is 0 Å². The molecule has 0 aliphatic heterocycles. The number of rotatable bonds is 3. The van der Waals surface area contributed by atoms with Crippen molar-refractivity contribution in [3.05, 3.63) is 66.2 Å². The minimum atomic E-state index is 0.864. The van der Waals surface area contributed by atoms with Crippen LogP contribution in [0.25, 0.3) is 5.57 Å². The van der Waals surface area contributed by atoms with Gasteiger partial charge >= 0.3 is 0 Å². The summed E-state index contributed by atoms with van der Waals surface area (Å²) < 4.78 is 5.73. The van der Waals surface area contributed by atoms with Crippen LogP contribution in [0, 0.1) is 0 Å². The fraction of sp³-hybridized carbons (Fsp3) is 0.125. The second-order valence-electron chi connectivity index (χ2n) is 3.91. The Morgan fingerprint density at radius 3 is 2.06 bits per heavy atom. The van der Waals surface area contributed by atoms with Gasteiger partial charge in [-0.2, -0.15) is 0 Å². The molecule has 0 aliphatic carbocycles. The van der Waals surface area contributed by atoms with Crippen molar-refractivity contribution < 1.29 is 4.74 Å². The molecule has 2 aromatic rings. The zero-order valence-electron chi connectivity index (χ0n) is 10.2. The first kappa shape index (κ1) is 11.5. The molecule has 0 unspecified atom stereocenters. The lowest BCUT2D eigenvalue weighted by molar-refractivity contribution is 0.482. The summed E-state index contributed by atoms with van der Waals surface area (Å²) in [6, 6.07) is 18.0.